The van der Waals surface area contributed by atoms with Crippen LogP contribution in [0.15, 0.2) is 18.3 Å². The van der Waals surface area contributed by atoms with E-state index in [9.17, 15) is 0 Å². The van der Waals surface area contributed by atoms with E-state index in [4.69, 9.17) is 10.5 Å². The summed E-state index contributed by atoms with van der Waals surface area (Å²) in [6.45, 7) is 6.85. The predicted octanol–water partition coefficient (Wildman–Crippen LogP) is 3.50. The molecule has 0 amide bonds. The zero-order valence-corrected chi connectivity index (χ0v) is 11.6. The van der Waals surface area contributed by atoms with E-state index in [1.807, 2.05) is 12.1 Å². The standard InChI is InChI=1S/C15H24N2O/c1-10(2)12-7-6-11(3)9-14(12)18-15-13(16)5-4-8-17-15/h4-5,8,10-12,14H,6-7,9,16H2,1-3H3. The first-order valence-corrected chi connectivity index (χ1v) is 6.95. The number of nitrogens with zero attached hydrogens (tertiary/aromatic N) is 1. The topological polar surface area (TPSA) is 48.1 Å². The Hall–Kier alpha value is -1.25. The number of anilines is 1. The second kappa shape index (κ2) is 5.59. The molecule has 3 unspecified atom stereocenters. The Morgan fingerprint density at radius 2 is 2.17 bits per heavy atom. The monoisotopic (exact) mass is 248 g/mol. The Morgan fingerprint density at radius 3 is 2.83 bits per heavy atom. The van der Waals surface area contributed by atoms with Crippen LogP contribution in [0.4, 0.5) is 5.69 Å². The van der Waals surface area contributed by atoms with Crippen molar-refractivity contribution in [2.24, 2.45) is 17.8 Å². The van der Waals surface area contributed by atoms with Crippen molar-refractivity contribution in [2.75, 3.05) is 5.73 Å². The van der Waals surface area contributed by atoms with Gasteiger partial charge in [0.1, 0.15) is 6.10 Å². The minimum Gasteiger partial charge on any atom is -0.473 e. The zero-order chi connectivity index (χ0) is 13.1. The first-order chi connectivity index (χ1) is 8.58. The van der Waals surface area contributed by atoms with Crippen LogP contribution in [0.2, 0.25) is 0 Å². The van der Waals surface area contributed by atoms with Crippen LogP contribution in [0.1, 0.15) is 40.0 Å². The second-order valence-electron chi connectivity index (χ2n) is 5.88. The van der Waals surface area contributed by atoms with Crippen molar-refractivity contribution < 1.29 is 4.74 Å². The largest absolute Gasteiger partial charge is 0.473 e. The Balaban J connectivity index is 2.11. The van der Waals surface area contributed by atoms with Gasteiger partial charge in [-0.3, -0.25) is 0 Å². The molecule has 100 valence electrons. The molecule has 3 nitrogen and oxygen atoms in total. The Labute approximate surface area is 110 Å². The van der Waals surface area contributed by atoms with Crippen LogP contribution in [0, 0.1) is 17.8 Å². The van der Waals surface area contributed by atoms with Crippen molar-refractivity contribution in [3.63, 3.8) is 0 Å². The van der Waals surface area contributed by atoms with Crippen LogP contribution in [-0.2, 0) is 0 Å². The number of aromatic nitrogens is 1. The summed E-state index contributed by atoms with van der Waals surface area (Å²) >= 11 is 0. The highest BCUT2D eigenvalue weighted by Crippen LogP contribution is 2.36. The fourth-order valence-corrected chi connectivity index (χ4v) is 2.90. The Kier molecular flexibility index (Phi) is 4.10. The summed E-state index contributed by atoms with van der Waals surface area (Å²) < 4.78 is 6.09. The van der Waals surface area contributed by atoms with E-state index in [2.05, 4.69) is 25.8 Å². The molecular weight excluding hydrogens is 224 g/mol. The molecule has 1 aromatic rings. The number of rotatable bonds is 3. The molecule has 1 saturated carbocycles. The van der Waals surface area contributed by atoms with E-state index >= 15 is 0 Å². The molecule has 1 heterocycles. The molecule has 0 saturated heterocycles. The zero-order valence-electron chi connectivity index (χ0n) is 11.6. The molecule has 0 aromatic carbocycles. The maximum Gasteiger partial charge on any atom is 0.237 e. The molecule has 3 atom stereocenters. The molecule has 0 bridgehead atoms. The Bertz CT molecular complexity index is 392. The number of pyridine rings is 1. The predicted molar refractivity (Wildman–Crippen MR) is 74.4 cm³/mol. The first kappa shape index (κ1) is 13.2. The van der Waals surface area contributed by atoms with Crippen molar-refractivity contribution >= 4 is 5.69 Å². The van der Waals surface area contributed by atoms with E-state index in [0.717, 1.165) is 12.3 Å². The summed E-state index contributed by atoms with van der Waals surface area (Å²) in [6.07, 6.45) is 5.66. The van der Waals surface area contributed by atoms with Gasteiger partial charge in [0.05, 0.1) is 5.69 Å². The summed E-state index contributed by atoms with van der Waals surface area (Å²) in [5.41, 5.74) is 6.54. The number of hydrogen-bond donors (Lipinski definition) is 1. The lowest BCUT2D eigenvalue weighted by Gasteiger charge is -2.37. The highest BCUT2D eigenvalue weighted by atomic mass is 16.5. The van der Waals surface area contributed by atoms with E-state index < -0.39 is 0 Å². The minimum absolute atomic E-state index is 0.256. The number of nitrogen functional groups attached to an aromatic ring is 1. The van der Waals surface area contributed by atoms with Gasteiger partial charge in [-0.25, -0.2) is 4.98 Å². The third-order valence-electron chi connectivity index (χ3n) is 4.02. The van der Waals surface area contributed by atoms with Crippen LogP contribution < -0.4 is 10.5 Å². The SMILES string of the molecule is CC1CCC(C(C)C)C(Oc2ncccc2N)C1. The van der Waals surface area contributed by atoms with E-state index in [-0.39, 0.29) is 6.10 Å². The van der Waals surface area contributed by atoms with Crippen LogP contribution >= 0.6 is 0 Å². The third-order valence-corrected chi connectivity index (χ3v) is 4.02. The molecule has 18 heavy (non-hydrogen) atoms. The maximum absolute atomic E-state index is 6.09. The summed E-state index contributed by atoms with van der Waals surface area (Å²) in [7, 11) is 0. The van der Waals surface area contributed by atoms with Crippen LogP contribution in [0.5, 0.6) is 5.88 Å². The van der Waals surface area contributed by atoms with E-state index in [1.54, 1.807) is 6.20 Å². The second-order valence-corrected chi connectivity index (χ2v) is 5.88. The molecule has 1 aromatic heterocycles. The van der Waals surface area contributed by atoms with Gasteiger partial charge in [0.25, 0.3) is 0 Å². The number of ether oxygens (including phenoxy) is 1. The van der Waals surface area contributed by atoms with E-state index in [0.29, 0.717) is 23.4 Å². The fourth-order valence-electron chi connectivity index (χ4n) is 2.90. The van der Waals surface area contributed by atoms with Gasteiger partial charge in [-0.2, -0.15) is 0 Å². The molecule has 3 heteroatoms. The fraction of sp³-hybridized carbons (Fsp3) is 0.667. The average molecular weight is 248 g/mol. The maximum atomic E-state index is 6.09. The number of nitrogens with two attached hydrogens (primary N) is 1. The summed E-state index contributed by atoms with van der Waals surface area (Å²) in [6, 6.07) is 3.69. The van der Waals surface area contributed by atoms with Gasteiger partial charge in [0.15, 0.2) is 0 Å². The molecule has 0 spiro atoms. The molecule has 1 aliphatic carbocycles. The molecule has 0 radical (unpaired) electrons. The summed E-state index contributed by atoms with van der Waals surface area (Å²) in [5, 5.41) is 0. The van der Waals surface area contributed by atoms with Crippen LogP contribution in [0.25, 0.3) is 0 Å². The lowest BCUT2D eigenvalue weighted by molar-refractivity contribution is 0.0432. The number of hydrogen-bond acceptors (Lipinski definition) is 3. The lowest BCUT2D eigenvalue weighted by atomic mass is 9.75. The van der Waals surface area contributed by atoms with Gasteiger partial charge in [0, 0.05) is 6.20 Å². The molecule has 1 fully saturated rings. The highest BCUT2D eigenvalue weighted by Gasteiger charge is 2.32. The van der Waals surface area contributed by atoms with Crippen LogP contribution in [0.3, 0.4) is 0 Å². The summed E-state index contributed by atoms with van der Waals surface area (Å²) in [5.74, 6) is 2.59. The van der Waals surface area contributed by atoms with Crippen LogP contribution in [-0.4, -0.2) is 11.1 Å². The highest BCUT2D eigenvalue weighted by molar-refractivity contribution is 5.46. The quantitative estimate of drug-likeness (QED) is 0.890. The first-order valence-electron chi connectivity index (χ1n) is 6.95. The van der Waals surface area contributed by atoms with Crippen molar-refractivity contribution in [2.45, 2.75) is 46.1 Å². The third kappa shape index (κ3) is 2.95. The van der Waals surface area contributed by atoms with Crippen molar-refractivity contribution in [3.05, 3.63) is 18.3 Å². The van der Waals surface area contributed by atoms with Gasteiger partial charge in [-0.05, 0) is 42.7 Å². The smallest absolute Gasteiger partial charge is 0.237 e. The lowest BCUT2D eigenvalue weighted by Crippen LogP contribution is -2.36. The molecule has 2 rings (SSSR count). The van der Waals surface area contributed by atoms with Crippen molar-refractivity contribution in [3.8, 4) is 5.88 Å². The molecule has 2 N–H and O–H groups in total. The Morgan fingerprint density at radius 1 is 1.39 bits per heavy atom. The molecule has 0 aliphatic heterocycles. The van der Waals surface area contributed by atoms with Gasteiger partial charge in [0.2, 0.25) is 5.88 Å². The molecule has 1 aliphatic rings. The summed E-state index contributed by atoms with van der Waals surface area (Å²) in [4.78, 5) is 4.24. The minimum atomic E-state index is 0.256. The van der Waals surface area contributed by atoms with Gasteiger partial charge < -0.3 is 10.5 Å². The van der Waals surface area contributed by atoms with Gasteiger partial charge in [-0.1, -0.05) is 27.2 Å². The van der Waals surface area contributed by atoms with Crippen molar-refractivity contribution in [1.82, 2.24) is 4.98 Å². The van der Waals surface area contributed by atoms with Gasteiger partial charge in [-0.15, -0.1) is 0 Å². The van der Waals surface area contributed by atoms with Crippen molar-refractivity contribution in [1.29, 1.82) is 0 Å². The van der Waals surface area contributed by atoms with Gasteiger partial charge >= 0.3 is 0 Å². The normalized spacial score (nSPS) is 28.3. The van der Waals surface area contributed by atoms with E-state index in [1.165, 1.54) is 12.8 Å². The molecular formula is C15H24N2O. The average Bonchev–Trinajstić information content (AvgIpc) is 2.32.